The summed E-state index contributed by atoms with van der Waals surface area (Å²) in [7, 11) is 2.89. The maximum Gasteiger partial charge on any atom is 0.325 e. The van der Waals surface area contributed by atoms with Gasteiger partial charge in [0.05, 0.1) is 26.2 Å². The van der Waals surface area contributed by atoms with Gasteiger partial charge in [-0.1, -0.05) is 49.6 Å². The highest BCUT2D eigenvalue weighted by molar-refractivity contribution is 6.01. The summed E-state index contributed by atoms with van der Waals surface area (Å²) in [5, 5.41) is 2.73. The van der Waals surface area contributed by atoms with Crippen LogP contribution in [0.15, 0.2) is 48.5 Å². The quantitative estimate of drug-likeness (QED) is 0.680. The maximum atomic E-state index is 13.8. The molecule has 4 rings (SSSR count). The van der Waals surface area contributed by atoms with Crippen molar-refractivity contribution in [1.82, 2.24) is 10.2 Å². The molecule has 2 aromatic rings. The van der Waals surface area contributed by atoms with Crippen LogP contribution in [0, 0.1) is 0 Å². The zero-order chi connectivity index (χ0) is 23.4. The minimum atomic E-state index is -0.654. The van der Waals surface area contributed by atoms with Crippen molar-refractivity contribution in [1.29, 1.82) is 0 Å². The molecule has 1 N–H and O–H groups in total. The van der Waals surface area contributed by atoms with Crippen molar-refractivity contribution in [2.75, 3.05) is 20.8 Å². The number of hydrogen-bond acceptors (Lipinski definition) is 5. The lowest BCUT2D eigenvalue weighted by atomic mass is 9.77. The van der Waals surface area contributed by atoms with Gasteiger partial charge in [-0.05, 0) is 42.2 Å². The van der Waals surface area contributed by atoms with E-state index < -0.39 is 17.9 Å². The normalized spacial score (nSPS) is 20.7. The van der Waals surface area contributed by atoms with E-state index in [-0.39, 0.29) is 24.4 Å². The molecule has 0 radical (unpaired) electrons. The van der Waals surface area contributed by atoms with Gasteiger partial charge in [-0.25, -0.2) is 0 Å². The predicted octanol–water partition coefficient (Wildman–Crippen LogP) is 3.60. The number of methoxy groups -OCH3 is 2. The lowest BCUT2D eigenvalue weighted by Gasteiger charge is -2.46. The molecule has 2 aliphatic rings. The van der Waals surface area contributed by atoms with Gasteiger partial charge in [0.2, 0.25) is 5.91 Å². The molecule has 2 unspecified atom stereocenters. The fourth-order valence-electron chi connectivity index (χ4n) is 5.09. The third kappa shape index (κ3) is 4.58. The number of nitrogens with zero attached hydrogens (tertiary/aromatic N) is 1. The summed E-state index contributed by atoms with van der Waals surface area (Å²) < 4.78 is 10.0. The van der Waals surface area contributed by atoms with Crippen molar-refractivity contribution in [3.05, 3.63) is 65.2 Å². The molecule has 0 saturated heterocycles. The van der Waals surface area contributed by atoms with E-state index in [1.807, 2.05) is 47.4 Å². The average molecular weight is 451 g/mol. The summed E-state index contributed by atoms with van der Waals surface area (Å²) in [6, 6.07) is 14.4. The summed E-state index contributed by atoms with van der Waals surface area (Å²) in [4.78, 5) is 41.0. The van der Waals surface area contributed by atoms with Gasteiger partial charge in [0, 0.05) is 11.6 Å². The molecular weight excluding hydrogens is 420 g/mol. The van der Waals surface area contributed by atoms with E-state index in [2.05, 4.69) is 5.32 Å². The van der Waals surface area contributed by atoms with E-state index in [9.17, 15) is 14.4 Å². The highest BCUT2D eigenvalue weighted by Crippen LogP contribution is 2.46. The van der Waals surface area contributed by atoms with E-state index >= 15 is 0 Å². The van der Waals surface area contributed by atoms with Crippen molar-refractivity contribution in [3.63, 3.8) is 0 Å². The fraction of sp³-hybridized carbons (Fsp3) is 0.423. The first-order valence-corrected chi connectivity index (χ1v) is 11.4. The Morgan fingerprint density at radius 2 is 1.70 bits per heavy atom. The van der Waals surface area contributed by atoms with Gasteiger partial charge in [-0.2, -0.15) is 0 Å². The van der Waals surface area contributed by atoms with Crippen LogP contribution < -0.4 is 10.1 Å². The maximum absolute atomic E-state index is 13.8. The highest BCUT2D eigenvalue weighted by Gasteiger charge is 2.46. The average Bonchev–Trinajstić information content (AvgIpc) is 2.87. The first kappa shape index (κ1) is 22.8. The van der Waals surface area contributed by atoms with Crippen LogP contribution in [0.25, 0.3) is 0 Å². The van der Waals surface area contributed by atoms with Gasteiger partial charge >= 0.3 is 5.97 Å². The third-order valence-corrected chi connectivity index (χ3v) is 6.72. The van der Waals surface area contributed by atoms with Gasteiger partial charge in [-0.15, -0.1) is 0 Å². The number of rotatable bonds is 6. The Bertz CT molecular complexity index is 1010. The molecule has 1 fully saturated rings. The summed E-state index contributed by atoms with van der Waals surface area (Å²) in [6.45, 7) is -0.222. The standard InChI is InChI=1S/C26H30N2O5/c1-32-19-14-12-17(13-15-19)24-23(25(30)27-16-22(29)33-2)20-10-6-7-11-21(20)26(31)28(24)18-8-4-3-5-9-18/h6-7,10-15,18,23-24H,3-5,8-9,16H2,1-2H3,(H,27,30). The predicted molar refractivity (Wildman–Crippen MR) is 123 cm³/mol. The van der Waals surface area contributed by atoms with Crippen molar-refractivity contribution >= 4 is 17.8 Å². The van der Waals surface area contributed by atoms with Crippen LogP contribution in [-0.4, -0.2) is 49.5 Å². The molecule has 1 saturated carbocycles. The van der Waals surface area contributed by atoms with Crippen LogP contribution in [0.2, 0.25) is 0 Å². The molecule has 0 spiro atoms. The number of amides is 2. The van der Waals surface area contributed by atoms with Gasteiger partial charge < -0.3 is 19.7 Å². The van der Waals surface area contributed by atoms with Crippen LogP contribution in [0.3, 0.4) is 0 Å². The van der Waals surface area contributed by atoms with Crippen molar-refractivity contribution in [2.24, 2.45) is 0 Å². The molecule has 1 heterocycles. The van der Waals surface area contributed by atoms with E-state index in [0.717, 1.165) is 37.7 Å². The molecule has 1 aliphatic carbocycles. The molecule has 1 aliphatic heterocycles. The Morgan fingerprint density at radius 3 is 2.36 bits per heavy atom. The number of esters is 1. The zero-order valence-corrected chi connectivity index (χ0v) is 19.1. The molecule has 7 heteroatoms. The second-order valence-electron chi connectivity index (χ2n) is 8.58. The number of carbonyl (C=O) groups is 3. The number of benzene rings is 2. The van der Waals surface area contributed by atoms with E-state index in [0.29, 0.717) is 16.9 Å². The van der Waals surface area contributed by atoms with Crippen LogP contribution in [0.1, 0.15) is 65.5 Å². The topological polar surface area (TPSA) is 84.9 Å². The molecule has 174 valence electrons. The van der Waals surface area contributed by atoms with E-state index in [4.69, 9.17) is 9.47 Å². The molecule has 2 aromatic carbocycles. The summed E-state index contributed by atoms with van der Waals surface area (Å²) in [5.74, 6) is -0.818. The Hall–Kier alpha value is -3.35. The number of hydrogen-bond donors (Lipinski definition) is 1. The van der Waals surface area contributed by atoms with Gasteiger partial charge in [-0.3, -0.25) is 14.4 Å². The van der Waals surface area contributed by atoms with Crippen LogP contribution in [-0.2, 0) is 14.3 Å². The van der Waals surface area contributed by atoms with E-state index in [1.165, 1.54) is 7.11 Å². The minimum Gasteiger partial charge on any atom is -0.497 e. The van der Waals surface area contributed by atoms with Crippen molar-refractivity contribution in [2.45, 2.75) is 50.1 Å². The fourth-order valence-corrected chi connectivity index (χ4v) is 5.09. The van der Waals surface area contributed by atoms with Crippen LogP contribution in [0.5, 0.6) is 5.75 Å². The van der Waals surface area contributed by atoms with Crippen molar-refractivity contribution < 1.29 is 23.9 Å². The Balaban J connectivity index is 1.82. The lowest BCUT2D eigenvalue weighted by Crippen LogP contribution is -2.52. The minimum absolute atomic E-state index is 0.0460. The molecule has 33 heavy (non-hydrogen) atoms. The van der Waals surface area contributed by atoms with Crippen LogP contribution >= 0.6 is 0 Å². The Kier molecular flexibility index (Phi) is 6.96. The summed E-state index contributed by atoms with van der Waals surface area (Å²) in [6.07, 6.45) is 5.11. The molecule has 7 nitrogen and oxygen atoms in total. The number of carbonyl (C=O) groups excluding carboxylic acids is 3. The first-order chi connectivity index (χ1) is 16.0. The largest absolute Gasteiger partial charge is 0.497 e. The van der Waals surface area contributed by atoms with Crippen LogP contribution in [0.4, 0.5) is 0 Å². The zero-order valence-electron chi connectivity index (χ0n) is 19.1. The lowest BCUT2D eigenvalue weighted by molar-refractivity contribution is -0.141. The second kappa shape index (κ2) is 10.1. The molecule has 0 aromatic heterocycles. The smallest absolute Gasteiger partial charge is 0.325 e. The molecule has 0 bridgehead atoms. The first-order valence-electron chi connectivity index (χ1n) is 11.4. The van der Waals surface area contributed by atoms with Gasteiger partial charge in [0.25, 0.3) is 5.91 Å². The van der Waals surface area contributed by atoms with Crippen molar-refractivity contribution in [3.8, 4) is 5.75 Å². The number of nitrogens with one attached hydrogen (secondary N) is 1. The SMILES string of the molecule is COC(=O)CNC(=O)C1c2ccccc2C(=O)N(C2CCCCC2)C1c1ccc(OC)cc1. The summed E-state index contributed by atoms with van der Waals surface area (Å²) >= 11 is 0. The van der Waals surface area contributed by atoms with Gasteiger partial charge in [0.15, 0.2) is 0 Å². The second-order valence-corrected chi connectivity index (χ2v) is 8.58. The molecule has 2 atom stereocenters. The monoisotopic (exact) mass is 450 g/mol. The van der Waals surface area contributed by atoms with E-state index in [1.54, 1.807) is 13.2 Å². The molecular formula is C26H30N2O5. The Labute approximate surface area is 194 Å². The summed E-state index contributed by atoms with van der Waals surface area (Å²) in [5.41, 5.74) is 2.09. The molecule has 2 amide bonds. The Morgan fingerprint density at radius 1 is 1.00 bits per heavy atom. The highest BCUT2D eigenvalue weighted by atomic mass is 16.5. The third-order valence-electron chi connectivity index (χ3n) is 6.72. The number of ether oxygens (including phenoxy) is 2. The number of fused-ring (bicyclic) bond motifs is 1. The van der Waals surface area contributed by atoms with Gasteiger partial charge in [0.1, 0.15) is 12.3 Å².